The molecule has 0 aliphatic carbocycles. The quantitative estimate of drug-likeness (QED) is 0.552. The van der Waals surface area contributed by atoms with Gasteiger partial charge in [0.25, 0.3) is 5.91 Å². The number of carbonyl (C=O) groups is 1. The lowest BCUT2D eigenvalue weighted by molar-refractivity contribution is 0.0953. The summed E-state index contributed by atoms with van der Waals surface area (Å²) in [6, 6.07) is 7.22. The molecule has 1 rings (SSSR count). The molecule has 0 heterocycles. The van der Waals surface area contributed by atoms with Crippen LogP contribution in [-0.4, -0.2) is 24.1 Å². The molecular weight excluding hydrogens is 258 g/mol. The van der Waals surface area contributed by atoms with Gasteiger partial charge in [-0.1, -0.05) is 19.1 Å². The number of benzene rings is 1. The lowest BCUT2D eigenvalue weighted by Gasteiger charge is -2.10. The minimum atomic E-state index is -0.0736. The second-order valence-corrected chi connectivity index (χ2v) is 4.37. The summed E-state index contributed by atoms with van der Waals surface area (Å²) >= 11 is 5.11. The smallest absolute Gasteiger partial charge is 0.251 e. The van der Waals surface area contributed by atoms with E-state index in [1.54, 1.807) is 18.2 Å². The van der Waals surface area contributed by atoms with E-state index < -0.39 is 0 Å². The van der Waals surface area contributed by atoms with Gasteiger partial charge >= 0.3 is 0 Å². The van der Waals surface area contributed by atoms with Crippen LogP contribution in [0.5, 0.6) is 0 Å². The van der Waals surface area contributed by atoms with E-state index in [4.69, 9.17) is 12.2 Å². The van der Waals surface area contributed by atoms with Gasteiger partial charge in [0.05, 0.1) is 0 Å². The Morgan fingerprint density at radius 1 is 1.42 bits per heavy atom. The molecule has 0 aliphatic rings. The maximum atomic E-state index is 11.8. The van der Waals surface area contributed by atoms with Crippen LogP contribution in [0.4, 0.5) is 5.69 Å². The van der Waals surface area contributed by atoms with Crippen molar-refractivity contribution < 1.29 is 4.79 Å². The molecule has 1 aromatic rings. The van der Waals surface area contributed by atoms with Gasteiger partial charge < -0.3 is 16.0 Å². The van der Waals surface area contributed by atoms with Crippen LogP contribution in [-0.2, 0) is 0 Å². The highest BCUT2D eigenvalue weighted by Gasteiger charge is 2.05. The molecule has 0 aromatic heterocycles. The first-order chi connectivity index (χ1) is 9.17. The van der Waals surface area contributed by atoms with E-state index in [1.807, 2.05) is 19.1 Å². The summed E-state index contributed by atoms with van der Waals surface area (Å²) in [6.45, 7) is 6.89. The average molecular weight is 277 g/mol. The zero-order valence-corrected chi connectivity index (χ0v) is 11.8. The molecule has 0 aliphatic heterocycles. The minimum absolute atomic E-state index is 0.0736. The van der Waals surface area contributed by atoms with E-state index in [9.17, 15) is 4.79 Å². The monoisotopic (exact) mass is 277 g/mol. The van der Waals surface area contributed by atoms with Gasteiger partial charge in [-0.15, -0.1) is 6.58 Å². The van der Waals surface area contributed by atoms with E-state index in [2.05, 4.69) is 22.5 Å². The number of thiocarbonyl (C=S) groups is 1. The predicted octanol–water partition coefficient (Wildman–Crippen LogP) is 2.30. The molecule has 1 amide bonds. The highest BCUT2D eigenvalue weighted by atomic mass is 32.1. The van der Waals surface area contributed by atoms with Gasteiger partial charge in [0.15, 0.2) is 5.11 Å². The van der Waals surface area contributed by atoms with E-state index in [0.717, 1.165) is 12.1 Å². The van der Waals surface area contributed by atoms with Crippen LogP contribution in [0.3, 0.4) is 0 Å². The van der Waals surface area contributed by atoms with E-state index in [1.165, 1.54) is 0 Å². The molecule has 4 nitrogen and oxygen atoms in total. The van der Waals surface area contributed by atoms with Crippen molar-refractivity contribution in [3.8, 4) is 0 Å². The first-order valence-corrected chi connectivity index (χ1v) is 6.62. The maximum Gasteiger partial charge on any atom is 0.251 e. The minimum Gasteiger partial charge on any atom is -0.359 e. The first-order valence-electron chi connectivity index (χ1n) is 6.21. The molecule has 0 atom stereocenters. The van der Waals surface area contributed by atoms with Crippen LogP contribution < -0.4 is 16.0 Å². The summed E-state index contributed by atoms with van der Waals surface area (Å²) in [5, 5.41) is 9.33. The molecule has 0 spiro atoms. The summed E-state index contributed by atoms with van der Waals surface area (Å²) in [4.78, 5) is 11.8. The van der Waals surface area contributed by atoms with Gasteiger partial charge in [0.2, 0.25) is 0 Å². The average Bonchev–Trinajstić information content (AvgIpc) is 2.42. The summed E-state index contributed by atoms with van der Waals surface area (Å²) in [6.07, 6.45) is 2.64. The van der Waals surface area contributed by atoms with Crippen LogP contribution in [0.2, 0.25) is 0 Å². The lowest BCUT2D eigenvalue weighted by atomic mass is 10.2. The fourth-order valence-electron chi connectivity index (χ4n) is 1.42. The van der Waals surface area contributed by atoms with Gasteiger partial charge in [-0.25, -0.2) is 0 Å². The second kappa shape index (κ2) is 8.26. The third-order valence-electron chi connectivity index (χ3n) is 2.33. The van der Waals surface area contributed by atoms with Crippen LogP contribution in [0, 0.1) is 0 Å². The van der Waals surface area contributed by atoms with Gasteiger partial charge in [0, 0.05) is 24.3 Å². The van der Waals surface area contributed by atoms with Crippen LogP contribution in [0.25, 0.3) is 0 Å². The Bertz CT molecular complexity index is 460. The van der Waals surface area contributed by atoms with Crippen molar-refractivity contribution in [2.24, 2.45) is 0 Å². The molecule has 5 heteroatoms. The standard InChI is InChI=1S/C14H19N3OS/c1-3-8-15-13(18)11-6-5-7-12(10-11)17-14(19)16-9-4-2/h4-7,10H,2-3,8-9H2,1H3,(H,15,18)(H2,16,17,19). The van der Waals surface area contributed by atoms with E-state index >= 15 is 0 Å². The number of amides is 1. The number of carbonyl (C=O) groups excluding carboxylic acids is 1. The van der Waals surface area contributed by atoms with Crippen molar-refractivity contribution in [1.82, 2.24) is 10.6 Å². The molecular formula is C14H19N3OS. The maximum absolute atomic E-state index is 11.8. The summed E-state index contributed by atoms with van der Waals surface area (Å²) in [7, 11) is 0. The Morgan fingerprint density at radius 3 is 2.89 bits per heavy atom. The van der Waals surface area contributed by atoms with Crippen molar-refractivity contribution in [1.29, 1.82) is 0 Å². The molecule has 0 unspecified atom stereocenters. The van der Waals surface area contributed by atoms with Crippen LogP contribution >= 0.6 is 12.2 Å². The van der Waals surface area contributed by atoms with E-state index in [0.29, 0.717) is 23.8 Å². The number of rotatable bonds is 6. The van der Waals surface area contributed by atoms with Gasteiger partial charge in [-0.2, -0.15) is 0 Å². The van der Waals surface area contributed by atoms with Gasteiger partial charge in [-0.3, -0.25) is 4.79 Å². The zero-order chi connectivity index (χ0) is 14.1. The Hall–Kier alpha value is -1.88. The van der Waals surface area contributed by atoms with E-state index in [-0.39, 0.29) is 5.91 Å². The Balaban J connectivity index is 2.63. The van der Waals surface area contributed by atoms with Crippen molar-refractivity contribution in [3.05, 3.63) is 42.5 Å². The highest BCUT2D eigenvalue weighted by Crippen LogP contribution is 2.10. The largest absolute Gasteiger partial charge is 0.359 e. The number of hydrogen-bond acceptors (Lipinski definition) is 2. The third kappa shape index (κ3) is 5.52. The van der Waals surface area contributed by atoms with Crippen LogP contribution in [0.15, 0.2) is 36.9 Å². The molecule has 1 aromatic carbocycles. The number of nitrogens with one attached hydrogen (secondary N) is 3. The lowest BCUT2D eigenvalue weighted by Crippen LogP contribution is -2.28. The Kier molecular flexibility index (Phi) is 6.60. The summed E-state index contributed by atoms with van der Waals surface area (Å²) < 4.78 is 0. The summed E-state index contributed by atoms with van der Waals surface area (Å²) in [5.74, 6) is -0.0736. The van der Waals surface area contributed by atoms with Gasteiger partial charge in [-0.05, 0) is 36.8 Å². The Labute approximate surface area is 119 Å². The molecule has 3 N–H and O–H groups in total. The van der Waals surface area contributed by atoms with Crippen molar-refractivity contribution >= 4 is 28.9 Å². The zero-order valence-electron chi connectivity index (χ0n) is 11.0. The normalized spacial score (nSPS) is 9.53. The fraction of sp³-hybridized carbons (Fsp3) is 0.286. The molecule has 0 fully saturated rings. The predicted molar refractivity (Wildman–Crippen MR) is 83.5 cm³/mol. The highest BCUT2D eigenvalue weighted by molar-refractivity contribution is 7.80. The first kappa shape index (κ1) is 15.2. The van der Waals surface area contributed by atoms with Crippen molar-refractivity contribution in [2.75, 3.05) is 18.4 Å². The van der Waals surface area contributed by atoms with Gasteiger partial charge in [0.1, 0.15) is 0 Å². The van der Waals surface area contributed by atoms with Crippen molar-refractivity contribution in [2.45, 2.75) is 13.3 Å². The van der Waals surface area contributed by atoms with Crippen LogP contribution in [0.1, 0.15) is 23.7 Å². The topological polar surface area (TPSA) is 53.2 Å². The molecule has 0 saturated carbocycles. The molecule has 19 heavy (non-hydrogen) atoms. The third-order valence-corrected chi connectivity index (χ3v) is 2.57. The molecule has 0 radical (unpaired) electrons. The Morgan fingerprint density at radius 2 is 2.21 bits per heavy atom. The fourth-order valence-corrected chi connectivity index (χ4v) is 1.62. The second-order valence-electron chi connectivity index (χ2n) is 3.96. The van der Waals surface area contributed by atoms with Crippen molar-refractivity contribution in [3.63, 3.8) is 0 Å². The molecule has 0 bridgehead atoms. The SMILES string of the molecule is C=CCNC(=S)Nc1cccc(C(=O)NCCC)c1. The molecule has 0 saturated heterocycles. The summed E-state index contributed by atoms with van der Waals surface area (Å²) in [5.41, 5.74) is 1.40. The number of hydrogen-bond donors (Lipinski definition) is 3. The molecule has 102 valence electrons. The number of anilines is 1.